The number of nitrogens with one attached hydrogen (secondary N) is 1. The lowest BCUT2D eigenvalue weighted by Gasteiger charge is -2.21. The number of carbonyl (C=O) groups is 1. The van der Waals surface area contributed by atoms with Gasteiger partial charge in [-0.1, -0.05) is 20.8 Å². The highest BCUT2D eigenvalue weighted by Gasteiger charge is 2.30. The van der Waals surface area contributed by atoms with Crippen molar-refractivity contribution in [1.29, 1.82) is 0 Å². The van der Waals surface area contributed by atoms with E-state index in [1.165, 1.54) is 9.08 Å². The van der Waals surface area contributed by atoms with E-state index in [2.05, 4.69) is 15.4 Å². The van der Waals surface area contributed by atoms with Crippen LogP contribution in [0.15, 0.2) is 15.9 Å². The first-order valence-corrected chi connectivity index (χ1v) is 8.94. The molecule has 3 rings (SSSR count). The van der Waals surface area contributed by atoms with Crippen molar-refractivity contribution in [2.75, 3.05) is 14.1 Å². The number of halogens is 1. The molecule has 0 aromatic carbocycles. The minimum atomic E-state index is -0.571. The molecule has 2 aromatic heterocycles. The summed E-state index contributed by atoms with van der Waals surface area (Å²) in [5.41, 5.74) is -0.648. The van der Waals surface area contributed by atoms with Crippen molar-refractivity contribution in [2.24, 2.45) is 10.4 Å². The normalized spacial score (nSPS) is 14.3. The predicted molar refractivity (Wildman–Crippen MR) is 110 cm³/mol. The van der Waals surface area contributed by atoms with E-state index in [0.29, 0.717) is 18.0 Å². The molecular weight excluding hydrogens is 384 g/mol. The Labute approximate surface area is 169 Å². The van der Waals surface area contributed by atoms with Gasteiger partial charge >= 0.3 is 0 Å². The largest absolute Gasteiger partial charge is 0.492 e. The van der Waals surface area contributed by atoms with Gasteiger partial charge in [0.25, 0.3) is 11.5 Å². The van der Waals surface area contributed by atoms with Gasteiger partial charge in [0.2, 0.25) is 5.88 Å². The van der Waals surface area contributed by atoms with Gasteiger partial charge in [0.15, 0.2) is 11.4 Å². The number of aromatic nitrogens is 3. The molecule has 1 saturated carbocycles. The van der Waals surface area contributed by atoms with E-state index in [0.717, 1.165) is 12.8 Å². The zero-order valence-electron chi connectivity index (χ0n) is 16.8. The number of rotatable bonds is 5. The van der Waals surface area contributed by atoms with E-state index < -0.39 is 17.3 Å². The van der Waals surface area contributed by atoms with Crippen molar-refractivity contribution in [3.8, 4) is 5.88 Å². The van der Waals surface area contributed by atoms with Gasteiger partial charge in [-0.05, 0) is 18.3 Å². The Kier molecular flexibility index (Phi) is 6.08. The summed E-state index contributed by atoms with van der Waals surface area (Å²) in [5.74, 6) is -0.705. The van der Waals surface area contributed by atoms with Gasteiger partial charge < -0.3 is 15.3 Å². The van der Waals surface area contributed by atoms with Crippen LogP contribution >= 0.6 is 12.4 Å². The van der Waals surface area contributed by atoms with Gasteiger partial charge in [-0.25, -0.2) is 4.99 Å². The maximum absolute atomic E-state index is 13.1. The summed E-state index contributed by atoms with van der Waals surface area (Å²) in [6.07, 6.45) is 3.35. The lowest BCUT2D eigenvalue weighted by molar-refractivity contribution is 0.0944. The van der Waals surface area contributed by atoms with E-state index in [1.54, 1.807) is 17.3 Å². The maximum Gasteiger partial charge on any atom is 0.270 e. The van der Waals surface area contributed by atoms with Crippen LogP contribution in [0.3, 0.4) is 0 Å². The van der Waals surface area contributed by atoms with Crippen LogP contribution in [0.4, 0.5) is 5.82 Å². The van der Waals surface area contributed by atoms with E-state index >= 15 is 0 Å². The first-order chi connectivity index (χ1) is 12.6. The molecule has 2 aromatic rings. The minimum absolute atomic E-state index is 0. The molecule has 2 heterocycles. The lowest BCUT2D eigenvalue weighted by Crippen LogP contribution is -2.37. The van der Waals surface area contributed by atoms with Crippen molar-refractivity contribution < 1.29 is 9.90 Å². The van der Waals surface area contributed by atoms with Crippen LogP contribution in [0.2, 0.25) is 0 Å². The molecule has 1 fully saturated rings. The SMILES string of the molecule is CN(C)/C=N/c1cc2n(CC(C)(C)C)c(=O)c(C(=O)NC3CC3)c(O)n2n1.Cl. The number of carbonyl (C=O) groups excluding carboxylic acids is 1. The Morgan fingerprint density at radius 1 is 1.43 bits per heavy atom. The molecule has 0 spiro atoms. The van der Waals surface area contributed by atoms with Crippen LogP contribution in [0.1, 0.15) is 44.0 Å². The zero-order valence-corrected chi connectivity index (χ0v) is 17.6. The molecule has 10 heteroatoms. The standard InChI is InChI=1S/C18H26N6O3.ClH/c1-18(2,3)9-23-13-8-12(19-10-22(4)5)21-24(13)17(27)14(16(23)26)15(25)20-11-6-7-11;/h8,10-11,27H,6-7,9H2,1-5H3,(H,20,25);1H/b19-10+;. The van der Waals surface area contributed by atoms with Crippen LogP contribution in [-0.4, -0.2) is 56.6 Å². The molecule has 0 radical (unpaired) electrons. The summed E-state index contributed by atoms with van der Waals surface area (Å²) < 4.78 is 2.68. The second-order valence-electron chi connectivity index (χ2n) is 8.38. The molecule has 0 bridgehead atoms. The second-order valence-corrected chi connectivity index (χ2v) is 8.38. The smallest absolute Gasteiger partial charge is 0.270 e. The third kappa shape index (κ3) is 4.64. The van der Waals surface area contributed by atoms with Crippen molar-refractivity contribution in [3.63, 3.8) is 0 Å². The molecule has 1 amide bonds. The highest BCUT2D eigenvalue weighted by molar-refractivity contribution is 5.96. The molecule has 1 aliphatic rings. The lowest BCUT2D eigenvalue weighted by atomic mass is 9.97. The molecule has 9 nitrogen and oxygen atoms in total. The average molecular weight is 411 g/mol. The second kappa shape index (κ2) is 7.83. The quantitative estimate of drug-likeness (QED) is 0.577. The van der Waals surface area contributed by atoms with Gasteiger partial charge in [-0.2, -0.15) is 4.52 Å². The Morgan fingerprint density at radius 2 is 2.07 bits per heavy atom. The molecular formula is C18H27ClN6O3. The summed E-state index contributed by atoms with van der Waals surface area (Å²) in [7, 11) is 3.65. The van der Waals surface area contributed by atoms with Crippen LogP contribution in [0, 0.1) is 5.41 Å². The molecule has 1 aliphatic carbocycles. The monoisotopic (exact) mass is 410 g/mol. The maximum atomic E-state index is 13.1. The van der Waals surface area contributed by atoms with Gasteiger partial charge in [-0.3, -0.25) is 14.2 Å². The van der Waals surface area contributed by atoms with Gasteiger partial charge in [0, 0.05) is 32.7 Å². The van der Waals surface area contributed by atoms with Crippen molar-refractivity contribution >= 4 is 36.1 Å². The Bertz CT molecular complexity index is 966. The molecule has 0 aliphatic heterocycles. The molecule has 28 heavy (non-hydrogen) atoms. The Hall–Kier alpha value is -2.55. The number of nitrogens with zero attached hydrogens (tertiary/aromatic N) is 5. The highest BCUT2D eigenvalue weighted by atomic mass is 35.5. The topological polar surface area (TPSA) is 104 Å². The first-order valence-electron chi connectivity index (χ1n) is 8.94. The predicted octanol–water partition coefficient (Wildman–Crippen LogP) is 1.78. The third-order valence-electron chi connectivity index (χ3n) is 4.03. The number of aliphatic imine (C=N–C) groups is 1. The number of hydrogen-bond donors (Lipinski definition) is 2. The summed E-state index contributed by atoms with van der Waals surface area (Å²) in [5, 5.41) is 17.6. The molecule has 0 saturated heterocycles. The van der Waals surface area contributed by atoms with Crippen molar-refractivity contribution in [3.05, 3.63) is 22.0 Å². The van der Waals surface area contributed by atoms with Crippen molar-refractivity contribution in [1.82, 2.24) is 24.4 Å². The van der Waals surface area contributed by atoms with E-state index in [9.17, 15) is 14.7 Å². The third-order valence-corrected chi connectivity index (χ3v) is 4.03. The fraction of sp³-hybridized carbons (Fsp3) is 0.556. The number of hydrogen-bond acceptors (Lipinski definition) is 5. The summed E-state index contributed by atoms with van der Waals surface area (Å²) in [6.45, 7) is 6.35. The van der Waals surface area contributed by atoms with Crippen LogP contribution in [0.25, 0.3) is 5.65 Å². The van der Waals surface area contributed by atoms with E-state index in [1.807, 2.05) is 34.9 Å². The van der Waals surface area contributed by atoms with Gasteiger partial charge in [0.1, 0.15) is 5.65 Å². The highest BCUT2D eigenvalue weighted by Crippen LogP contribution is 2.25. The zero-order chi connectivity index (χ0) is 19.9. The number of aromatic hydroxyl groups is 1. The summed E-state index contributed by atoms with van der Waals surface area (Å²) in [4.78, 5) is 31.6. The minimum Gasteiger partial charge on any atom is -0.492 e. The van der Waals surface area contributed by atoms with Crippen LogP contribution < -0.4 is 10.9 Å². The molecule has 154 valence electrons. The van der Waals surface area contributed by atoms with Crippen LogP contribution in [-0.2, 0) is 6.54 Å². The van der Waals surface area contributed by atoms with E-state index in [4.69, 9.17) is 0 Å². The summed E-state index contributed by atoms with van der Waals surface area (Å²) in [6, 6.07) is 1.69. The molecule has 0 unspecified atom stereocenters. The van der Waals surface area contributed by atoms with Gasteiger partial charge in [-0.15, -0.1) is 17.5 Å². The number of amides is 1. The fourth-order valence-electron chi connectivity index (χ4n) is 2.70. The first kappa shape index (κ1) is 21.7. The van der Waals surface area contributed by atoms with Crippen molar-refractivity contribution in [2.45, 2.75) is 46.2 Å². The number of fused-ring (bicyclic) bond motifs is 1. The summed E-state index contributed by atoms with van der Waals surface area (Å²) >= 11 is 0. The van der Waals surface area contributed by atoms with Gasteiger partial charge in [0.05, 0.1) is 6.34 Å². The van der Waals surface area contributed by atoms with E-state index in [-0.39, 0.29) is 29.4 Å². The molecule has 0 atom stereocenters. The average Bonchev–Trinajstić information content (AvgIpc) is 3.24. The Balaban J connectivity index is 0.00000280. The fourth-order valence-corrected chi connectivity index (χ4v) is 2.70. The molecule has 2 N–H and O–H groups in total. The Morgan fingerprint density at radius 3 is 2.61 bits per heavy atom. The van der Waals surface area contributed by atoms with Crippen LogP contribution in [0.5, 0.6) is 5.88 Å².